The maximum atomic E-state index is 13.7. The van der Waals surface area contributed by atoms with Gasteiger partial charge in [-0.2, -0.15) is 0 Å². The zero-order valence-electron chi connectivity index (χ0n) is 21.8. The highest BCUT2D eigenvalue weighted by Gasteiger charge is 2.47. The van der Waals surface area contributed by atoms with Crippen LogP contribution >= 0.6 is 0 Å². The van der Waals surface area contributed by atoms with E-state index in [0.717, 1.165) is 21.9 Å². The normalized spacial score (nSPS) is 16.7. The van der Waals surface area contributed by atoms with Crippen LogP contribution in [0.15, 0.2) is 84.4 Å². The molecule has 0 aromatic heterocycles. The lowest BCUT2D eigenvalue weighted by atomic mass is 9.93. The molecule has 0 aliphatic carbocycles. The van der Waals surface area contributed by atoms with Crippen LogP contribution in [0.4, 0.5) is 5.69 Å². The van der Waals surface area contributed by atoms with Gasteiger partial charge in [-0.3, -0.25) is 14.5 Å². The molecule has 0 saturated carbocycles. The molecule has 0 bridgehead atoms. The van der Waals surface area contributed by atoms with Crippen molar-refractivity contribution in [1.29, 1.82) is 0 Å². The topological polar surface area (TPSA) is 76.1 Å². The van der Waals surface area contributed by atoms with Gasteiger partial charge in [0, 0.05) is 11.3 Å². The zero-order valence-corrected chi connectivity index (χ0v) is 21.8. The zero-order chi connectivity index (χ0) is 27.0. The molecule has 1 atom stereocenters. The smallest absolute Gasteiger partial charge is 0.300 e. The van der Waals surface area contributed by atoms with Crippen molar-refractivity contribution in [3.63, 3.8) is 0 Å². The Morgan fingerprint density at radius 2 is 1.68 bits per heavy atom. The molecular formula is C32H29NO5. The molecule has 1 amide bonds. The van der Waals surface area contributed by atoms with Gasteiger partial charge in [0.15, 0.2) is 11.5 Å². The number of Topliss-reactive ketones (excluding diaryl/α,β-unsaturated/α-hetero) is 1. The van der Waals surface area contributed by atoms with Gasteiger partial charge >= 0.3 is 0 Å². The van der Waals surface area contributed by atoms with E-state index >= 15 is 0 Å². The van der Waals surface area contributed by atoms with Crippen LogP contribution in [0.5, 0.6) is 11.5 Å². The molecule has 1 aliphatic rings. The summed E-state index contributed by atoms with van der Waals surface area (Å²) in [5, 5.41) is 13.4. The molecule has 1 saturated heterocycles. The first-order valence-corrected chi connectivity index (χ1v) is 12.5. The van der Waals surface area contributed by atoms with E-state index in [-0.39, 0.29) is 11.3 Å². The first-order chi connectivity index (χ1) is 18.3. The molecule has 1 unspecified atom stereocenters. The number of nitrogens with zero attached hydrogens (tertiary/aromatic N) is 1. The molecule has 1 aliphatic heterocycles. The maximum Gasteiger partial charge on any atom is 0.300 e. The van der Waals surface area contributed by atoms with Crippen LogP contribution in [0.1, 0.15) is 35.2 Å². The quantitative estimate of drug-likeness (QED) is 0.183. The van der Waals surface area contributed by atoms with E-state index in [1.807, 2.05) is 75.4 Å². The molecule has 192 valence electrons. The third-order valence-electron chi connectivity index (χ3n) is 6.90. The van der Waals surface area contributed by atoms with Crippen LogP contribution in [0, 0.1) is 13.8 Å². The van der Waals surface area contributed by atoms with Crippen molar-refractivity contribution in [2.24, 2.45) is 0 Å². The van der Waals surface area contributed by atoms with Crippen molar-refractivity contribution in [2.75, 3.05) is 18.6 Å². The Kier molecular flexibility index (Phi) is 6.64. The highest BCUT2D eigenvalue weighted by Crippen LogP contribution is 2.45. The molecule has 6 nitrogen and oxygen atoms in total. The standard InChI is InChI=1S/C32H29NO5/c1-5-38-27-18-22(14-16-26(27)37-4)29-28(30(34)24-12-8-10-21-9-6-7-11-23(21)24)31(35)32(36)33(29)25-15-13-19(2)17-20(25)3/h6-18,29,34H,5H2,1-4H3/b30-28+. The van der Waals surface area contributed by atoms with E-state index in [1.165, 1.54) is 4.90 Å². The summed E-state index contributed by atoms with van der Waals surface area (Å²) in [4.78, 5) is 28.8. The number of hydrogen-bond acceptors (Lipinski definition) is 5. The number of carbonyl (C=O) groups excluding carboxylic acids is 2. The Morgan fingerprint density at radius 3 is 2.42 bits per heavy atom. The van der Waals surface area contributed by atoms with Gasteiger partial charge in [0.25, 0.3) is 11.7 Å². The summed E-state index contributed by atoms with van der Waals surface area (Å²) < 4.78 is 11.3. The monoisotopic (exact) mass is 507 g/mol. The molecule has 38 heavy (non-hydrogen) atoms. The van der Waals surface area contributed by atoms with Crippen LogP contribution in [-0.4, -0.2) is 30.5 Å². The van der Waals surface area contributed by atoms with Crippen molar-refractivity contribution in [3.8, 4) is 11.5 Å². The third kappa shape index (κ3) is 4.18. The second-order valence-corrected chi connectivity index (χ2v) is 9.33. The van der Waals surface area contributed by atoms with E-state index in [2.05, 4.69) is 0 Å². The first kappa shape index (κ1) is 25.1. The number of anilines is 1. The molecule has 0 spiro atoms. The highest BCUT2D eigenvalue weighted by molar-refractivity contribution is 6.52. The van der Waals surface area contributed by atoms with E-state index in [4.69, 9.17) is 9.47 Å². The number of ketones is 1. The predicted octanol–water partition coefficient (Wildman–Crippen LogP) is 6.49. The summed E-state index contributed by atoms with van der Waals surface area (Å²) in [6.45, 7) is 6.16. The Bertz CT molecular complexity index is 1600. The summed E-state index contributed by atoms with van der Waals surface area (Å²) in [6, 6.07) is 23.3. The number of hydrogen-bond donors (Lipinski definition) is 1. The number of benzene rings is 4. The minimum Gasteiger partial charge on any atom is -0.507 e. The second kappa shape index (κ2) is 10.1. The highest BCUT2D eigenvalue weighted by atomic mass is 16.5. The minimum absolute atomic E-state index is 0.0268. The van der Waals surface area contributed by atoms with Gasteiger partial charge in [0.05, 0.1) is 25.3 Å². The fourth-order valence-electron chi connectivity index (χ4n) is 5.18. The Morgan fingerprint density at radius 1 is 0.921 bits per heavy atom. The van der Waals surface area contributed by atoms with Gasteiger partial charge in [0.1, 0.15) is 5.76 Å². The van der Waals surface area contributed by atoms with Crippen LogP contribution in [0.3, 0.4) is 0 Å². The number of rotatable bonds is 6. The number of aryl methyl sites for hydroxylation is 2. The summed E-state index contributed by atoms with van der Waals surface area (Å²) >= 11 is 0. The van der Waals surface area contributed by atoms with Gasteiger partial charge in [0.2, 0.25) is 0 Å². The van der Waals surface area contributed by atoms with Gasteiger partial charge < -0.3 is 14.6 Å². The SMILES string of the molecule is CCOc1cc(C2/C(=C(\O)c3cccc4ccccc34)C(=O)C(=O)N2c2ccc(C)cc2C)ccc1OC. The molecule has 1 heterocycles. The fraction of sp³-hybridized carbons (Fsp3) is 0.188. The minimum atomic E-state index is -0.875. The lowest BCUT2D eigenvalue weighted by molar-refractivity contribution is -0.132. The predicted molar refractivity (Wildman–Crippen MR) is 149 cm³/mol. The molecule has 1 N–H and O–H groups in total. The molecule has 0 radical (unpaired) electrons. The fourth-order valence-corrected chi connectivity index (χ4v) is 5.18. The second-order valence-electron chi connectivity index (χ2n) is 9.33. The third-order valence-corrected chi connectivity index (χ3v) is 6.90. The molecule has 6 heteroatoms. The average molecular weight is 508 g/mol. The lowest BCUT2D eigenvalue weighted by Gasteiger charge is -2.27. The van der Waals surface area contributed by atoms with Gasteiger partial charge in [-0.25, -0.2) is 0 Å². The number of fused-ring (bicyclic) bond motifs is 1. The molecule has 5 rings (SSSR count). The van der Waals surface area contributed by atoms with Crippen LogP contribution in [0.25, 0.3) is 16.5 Å². The van der Waals surface area contributed by atoms with Gasteiger partial charge in [-0.1, -0.05) is 66.2 Å². The number of aliphatic hydroxyl groups excluding tert-OH is 1. The van der Waals surface area contributed by atoms with E-state index in [9.17, 15) is 14.7 Å². The average Bonchev–Trinajstić information content (AvgIpc) is 3.18. The van der Waals surface area contributed by atoms with Crippen molar-refractivity contribution in [2.45, 2.75) is 26.8 Å². The van der Waals surface area contributed by atoms with Crippen molar-refractivity contribution in [3.05, 3.63) is 107 Å². The summed E-state index contributed by atoms with van der Waals surface area (Å²) in [5.74, 6) is -0.630. The number of carbonyl (C=O) groups is 2. The molecule has 4 aromatic rings. The largest absolute Gasteiger partial charge is 0.507 e. The van der Waals surface area contributed by atoms with E-state index in [1.54, 1.807) is 31.4 Å². The summed E-state index contributed by atoms with van der Waals surface area (Å²) in [7, 11) is 1.56. The van der Waals surface area contributed by atoms with Crippen molar-refractivity contribution >= 4 is 33.9 Å². The number of ether oxygens (including phenoxy) is 2. The number of aliphatic hydroxyl groups is 1. The Hall–Kier alpha value is -4.58. The number of amides is 1. The lowest BCUT2D eigenvalue weighted by Crippen LogP contribution is -2.30. The Labute approximate surface area is 221 Å². The van der Waals surface area contributed by atoms with Gasteiger partial charge in [-0.15, -0.1) is 0 Å². The molecule has 1 fully saturated rings. The van der Waals surface area contributed by atoms with Crippen molar-refractivity contribution in [1.82, 2.24) is 0 Å². The van der Waals surface area contributed by atoms with Crippen LogP contribution in [0.2, 0.25) is 0 Å². The molecular weight excluding hydrogens is 478 g/mol. The number of methoxy groups -OCH3 is 1. The first-order valence-electron chi connectivity index (χ1n) is 12.5. The van der Waals surface area contributed by atoms with E-state index in [0.29, 0.717) is 34.9 Å². The summed E-state index contributed by atoms with van der Waals surface area (Å²) in [5.41, 5.74) is 3.63. The summed E-state index contributed by atoms with van der Waals surface area (Å²) in [6.07, 6.45) is 0. The van der Waals surface area contributed by atoms with Gasteiger partial charge in [-0.05, 0) is 60.9 Å². The Balaban J connectivity index is 1.80. The maximum absolute atomic E-state index is 13.7. The van der Waals surface area contributed by atoms with Crippen LogP contribution in [-0.2, 0) is 9.59 Å². The van der Waals surface area contributed by atoms with Crippen molar-refractivity contribution < 1.29 is 24.2 Å². The van der Waals surface area contributed by atoms with Crippen LogP contribution < -0.4 is 14.4 Å². The molecule has 4 aromatic carbocycles. The van der Waals surface area contributed by atoms with E-state index < -0.39 is 17.7 Å².